The molecule has 28 heavy (non-hydrogen) atoms. The lowest BCUT2D eigenvalue weighted by molar-refractivity contribution is -0.384. The number of imidazole rings is 1. The number of halogens is 1. The molecule has 1 aromatic heterocycles. The Morgan fingerprint density at radius 1 is 1.29 bits per heavy atom. The van der Waals surface area contributed by atoms with Crippen LogP contribution in [0.5, 0.6) is 0 Å². The predicted molar refractivity (Wildman–Crippen MR) is 102 cm³/mol. The number of anilines is 1. The van der Waals surface area contributed by atoms with E-state index < -0.39 is 23.4 Å². The van der Waals surface area contributed by atoms with Gasteiger partial charge >= 0.3 is 5.97 Å². The smallest absolute Gasteiger partial charge is 0.326 e. The summed E-state index contributed by atoms with van der Waals surface area (Å²) < 4.78 is 6.68. The maximum Gasteiger partial charge on any atom is 0.326 e. The third kappa shape index (κ3) is 4.26. The Kier molecular flexibility index (Phi) is 5.55. The fourth-order valence-corrected chi connectivity index (χ4v) is 2.79. The van der Waals surface area contributed by atoms with Crippen molar-refractivity contribution >= 4 is 45.9 Å². The van der Waals surface area contributed by atoms with Crippen LogP contribution in [-0.4, -0.2) is 33.0 Å². The molecule has 3 rings (SSSR count). The van der Waals surface area contributed by atoms with Crippen LogP contribution in [0.1, 0.15) is 5.82 Å². The van der Waals surface area contributed by atoms with Gasteiger partial charge < -0.3 is 14.6 Å². The zero-order valence-corrected chi connectivity index (χ0v) is 15.5. The van der Waals surface area contributed by atoms with Crippen LogP contribution in [0.3, 0.4) is 0 Å². The fourth-order valence-electron chi connectivity index (χ4n) is 2.63. The number of para-hydroxylation sites is 2. The lowest BCUT2D eigenvalue weighted by Gasteiger charge is -2.09. The van der Waals surface area contributed by atoms with E-state index in [4.69, 9.17) is 16.3 Å². The third-order valence-corrected chi connectivity index (χ3v) is 4.26. The first-order valence-electron chi connectivity index (χ1n) is 8.16. The molecule has 1 heterocycles. The van der Waals surface area contributed by atoms with Crippen molar-refractivity contribution in [1.29, 1.82) is 0 Å². The largest absolute Gasteiger partial charge is 0.454 e. The van der Waals surface area contributed by atoms with Gasteiger partial charge in [-0.25, -0.2) is 4.98 Å². The Hall–Kier alpha value is -3.46. The number of ether oxygens (including phenoxy) is 1. The van der Waals surface area contributed by atoms with Gasteiger partial charge in [0.1, 0.15) is 12.4 Å². The number of aromatic nitrogens is 2. The van der Waals surface area contributed by atoms with E-state index >= 15 is 0 Å². The van der Waals surface area contributed by atoms with Crippen LogP contribution in [0.2, 0.25) is 5.02 Å². The molecule has 0 aliphatic rings. The van der Waals surface area contributed by atoms with Gasteiger partial charge in [-0.2, -0.15) is 0 Å². The first kappa shape index (κ1) is 19.3. The minimum absolute atomic E-state index is 0.0633. The Bertz CT molecular complexity index is 1080. The number of nitro benzene ring substituents is 1. The normalized spacial score (nSPS) is 10.6. The average molecular weight is 403 g/mol. The molecule has 0 unspecified atom stereocenters. The Labute approximate surface area is 164 Å². The van der Waals surface area contributed by atoms with E-state index in [1.807, 2.05) is 24.3 Å². The Morgan fingerprint density at radius 2 is 2.04 bits per heavy atom. The topological polar surface area (TPSA) is 116 Å². The van der Waals surface area contributed by atoms with Crippen LogP contribution < -0.4 is 5.32 Å². The second-order valence-corrected chi connectivity index (χ2v) is 6.27. The van der Waals surface area contributed by atoms with Crippen molar-refractivity contribution in [3.63, 3.8) is 0 Å². The summed E-state index contributed by atoms with van der Waals surface area (Å²) in [7, 11) is 0. The summed E-state index contributed by atoms with van der Waals surface area (Å²) in [5.74, 6) is -0.638. The summed E-state index contributed by atoms with van der Waals surface area (Å²) in [6.45, 7) is 1.12. The summed E-state index contributed by atoms with van der Waals surface area (Å²) >= 11 is 5.92. The minimum Gasteiger partial charge on any atom is -0.454 e. The summed E-state index contributed by atoms with van der Waals surface area (Å²) in [6, 6.07) is 11.0. The molecule has 3 aromatic rings. The average Bonchev–Trinajstić information content (AvgIpc) is 2.97. The van der Waals surface area contributed by atoms with Crippen molar-refractivity contribution in [1.82, 2.24) is 9.55 Å². The molecule has 9 nitrogen and oxygen atoms in total. The van der Waals surface area contributed by atoms with Gasteiger partial charge in [0.2, 0.25) is 0 Å². The zero-order chi connectivity index (χ0) is 20.3. The molecule has 0 radical (unpaired) electrons. The number of nitrogens with one attached hydrogen (secondary N) is 1. The van der Waals surface area contributed by atoms with E-state index in [1.54, 1.807) is 11.5 Å². The van der Waals surface area contributed by atoms with Crippen LogP contribution in [0.25, 0.3) is 11.0 Å². The number of esters is 1. The molecule has 0 saturated heterocycles. The van der Waals surface area contributed by atoms with E-state index in [-0.39, 0.29) is 22.9 Å². The van der Waals surface area contributed by atoms with Crippen LogP contribution in [-0.2, 0) is 20.9 Å². The maximum atomic E-state index is 12.1. The van der Waals surface area contributed by atoms with Crippen molar-refractivity contribution in [3.8, 4) is 0 Å². The van der Waals surface area contributed by atoms with Gasteiger partial charge in [-0.15, -0.1) is 0 Å². The molecule has 2 aromatic carbocycles. The van der Waals surface area contributed by atoms with Gasteiger partial charge in [-0.1, -0.05) is 23.7 Å². The van der Waals surface area contributed by atoms with E-state index in [0.29, 0.717) is 5.82 Å². The number of hydrogen-bond donors (Lipinski definition) is 1. The van der Waals surface area contributed by atoms with Crippen molar-refractivity contribution in [2.75, 3.05) is 11.9 Å². The Balaban J connectivity index is 1.60. The quantitative estimate of drug-likeness (QED) is 0.384. The number of hydrogen-bond acceptors (Lipinski definition) is 6. The number of nitro groups is 1. The number of non-ortho nitro benzene ring substituents is 1. The molecule has 10 heteroatoms. The second kappa shape index (κ2) is 8.05. The van der Waals surface area contributed by atoms with E-state index in [1.165, 1.54) is 12.1 Å². The third-order valence-electron chi connectivity index (χ3n) is 3.93. The van der Waals surface area contributed by atoms with Crippen molar-refractivity contribution in [2.45, 2.75) is 13.5 Å². The van der Waals surface area contributed by atoms with Gasteiger partial charge in [0.05, 0.1) is 26.7 Å². The first-order valence-corrected chi connectivity index (χ1v) is 8.54. The van der Waals surface area contributed by atoms with Gasteiger partial charge in [0.25, 0.3) is 11.6 Å². The number of benzene rings is 2. The SMILES string of the molecule is Cc1nc2ccccc2n1CC(=O)OCC(=O)Nc1cc([N+](=O)[O-])ccc1Cl. The first-order chi connectivity index (χ1) is 13.3. The molecule has 0 bridgehead atoms. The standard InChI is InChI=1S/C18H15ClN4O5/c1-11-20-14-4-2-3-5-16(14)22(11)9-18(25)28-10-17(24)21-15-8-12(23(26)27)6-7-13(15)19/h2-8H,9-10H2,1H3,(H,21,24). The maximum absolute atomic E-state index is 12.1. The van der Waals surface area contributed by atoms with Crippen LogP contribution in [0.4, 0.5) is 11.4 Å². The monoisotopic (exact) mass is 402 g/mol. The lowest BCUT2D eigenvalue weighted by Crippen LogP contribution is -2.23. The number of carbonyl (C=O) groups is 2. The van der Waals surface area contributed by atoms with E-state index in [0.717, 1.165) is 17.1 Å². The highest BCUT2D eigenvalue weighted by Gasteiger charge is 2.15. The molecule has 0 spiro atoms. The minimum atomic E-state index is -0.664. The number of amides is 1. The van der Waals surface area contributed by atoms with Gasteiger partial charge in [-0.3, -0.25) is 19.7 Å². The number of rotatable bonds is 6. The van der Waals surface area contributed by atoms with E-state index in [9.17, 15) is 19.7 Å². The summed E-state index contributed by atoms with van der Waals surface area (Å²) in [5.41, 5.74) is 1.38. The van der Waals surface area contributed by atoms with Crippen LogP contribution in [0.15, 0.2) is 42.5 Å². The highest BCUT2D eigenvalue weighted by atomic mass is 35.5. The van der Waals surface area contributed by atoms with Gasteiger partial charge in [-0.05, 0) is 25.1 Å². The molecule has 144 valence electrons. The van der Waals surface area contributed by atoms with E-state index in [2.05, 4.69) is 10.3 Å². The van der Waals surface area contributed by atoms with Crippen LogP contribution in [0, 0.1) is 17.0 Å². The highest BCUT2D eigenvalue weighted by Crippen LogP contribution is 2.26. The number of aryl methyl sites for hydroxylation is 1. The molecule has 0 saturated carbocycles. The van der Waals surface area contributed by atoms with Crippen molar-refractivity contribution in [2.24, 2.45) is 0 Å². The molecule has 0 fully saturated rings. The van der Waals surface area contributed by atoms with Crippen LogP contribution >= 0.6 is 11.6 Å². The van der Waals surface area contributed by atoms with Crippen molar-refractivity contribution in [3.05, 3.63) is 63.4 Å². The molecule has 1 N–H and O–H groups in total. The molecule has 0 aliphatic carbocycles. The molecule has 1 amide bonds. The predicted octanol–water partition coefficient (Wildman–Crippen LogP) is 3.09. The Morgan fingerprint density at radius 3 is 2.79 bits per heavy atom. The summed E-state index contributed by atoms with van der Waals surface area (Å²) in [4.78, 5) is 38.7. The lowest BCUT2D eigenvalue weighted by atomic mass is 10.3. The highest BCUT2D eigenvalue weighted by molar-refractivity contribution is 6.33. The van der Waals surface area contributed by atoms with Crippen molar-refractivity contribution < 1.29 is 19.2 Å². The summed E-state index contributed by atoms with van der Waals surface area (Å²) in [5, 5.41) is 13.3. The van der Waals surface area contributed by atoms with Gasteiger partial charge in [0, 0.05) is 12.1 Å². The molecule has 0 aliphatic heterocycles. The molecular formula is C18H15ClN4O5. The second-order valence-electron chi connectivity index (χ2n) is 5.86. The fraction of sp³-hybridized carbons (Fsp3) is 0.167. The number of carbonyl (C=O) groups excluding carboxylic acids is 2. The molecular weight excluding hydrogens is 388 g/mol. The number of nitrogens with zero attached hydrogens (tertiary/aromatic N) is 3. The molecule has 0 atom stereocenters. The zero-order valence-electron chi connectivity index (χ0n) is 14.7. The number of fused-ring (bicyclic) bond motifs is 1. The van der Waals surface area contributed by atoms with Gasteiger partial charge in [0.15, 0.2) is 6.61 Å². The summed E-state index contributed by atoms with van der Waals surface area (Å²) in [6.07, 6.45) is 0.